The van der Waals surface area contributed by atoms with Crippen LogP contribution in [0, 0.1) is 12.3 Å². The highest BCUT2D eigenvalue weighted by atomic mass is 15.3. The summed E-state index contributed by atoms with van der Waals surface area (Å²) >= 11 is 0. The molecule has 0 spiro atoms. The van der Waals surface area contributed by atoms with Crippen LogP contribution in [-0.2, 0) is 0 Å². The van der Waals surface area contributed by atoms with E-state index in [-0.39, 0.29) is 5.84 Å². The molecule has 1 heterocycles. The van der Waals surface area contributed by atoms with Gasteiger partial charge < -0.3 is 10.6 Å². The summed E-state index contributed by atoms with van der Waals surface area (Å²) < 4.78 is 0. The van der Waals surface area contributed by atoms with Gasteiger partial charge in [0.2, 0.25) is 5.95 Å². The predicted octanol–water partition coefficient (Wildman–Crippen LogP) is 2.23. The van der Waals surface area contributed by atoms with Crippen molar-refractivity contribution in [3.8, 4) is 0 Å². The third-order valence-corrected chi connectivity index (χ3v) is 3.73. The minimum Gasteiger partial charge on any atom is -0.382 e. The largest absolute Gasteiger partial charge is 0.382 e. The van der Waals surface area contributed by atoms with E-state index in [9.17, 15) is 0 Å². The molecule has 1 aromatic heterocycles. The zero-order chi connectivity index (χ0) is 13.8. The van der Waals surface area contributed by atoms with Crippen molar-refractivity contribution in [3.05, 3.63) is 17.5 Å². The number of aryl methyl sites for hydroxylation is 1. The SMILES string of the molecule is CCN(c1nc(C)cc(C(=N)N)n1)C1CCCCC1. The van der Waals surface area contributed by atoms with Crippen LogP contribution in [0.5, 0.6) is 0 Å². The minimum absolute atomic E-state index is 0.00597. The van der Waals surface area contributed by atoms with Gasteiger partial charge in [-0.2, -0.15) is 0 Å². The van der Waals surface area contributed by atoms with Gasteiger partial charge in [-0.25, -0.2) is 9.97 Å². The molecule has 1 saturated carbocycles. The van der Waals surface area contributed by atoms with Crippen LogP contribution < -0.4 is 10.6 Å². The molecule has 2 rings (SSSR count). The number of rotatable bonds is 4. The van der Waals surface area contributed by atoms with E-state index in [1.807, 2.05) is 6.92 Å². The third kappa shape index (κ3) is 3.22. The van der Waals surface area contributed by atoms with Crippen molar-refractivity contribution < 1.29 is 0 Å². The Balaban J connectivity index is 2.28. The van der Waals surface area contributed by atoms with Crippen molar-refractivity contribution in [1.29, 1.82) is 5.41 Å². The highest BCUT2D eigenvalue weighted by molar-refractivity contribution is 5.93. The van der Waals surface area contributed by atoms with Gasteiger partial charge in [0, 0.05) is 18.3 Å². The Bertz CT molecular complexity index is 451. The van der Waals surface area contributed by atoms with Crippen LogP contribution >= 0.6 is 0 Å². The Labute approximate surface area is 114 Å². The predicted molar refractivity (Wildman–Crippen MR) is 77.7 cm³/mol. The number of amidine groups is 1. The highest BCUT2D eigenvalue weighted by Crippen LogP contribution is 2.25. The van der Waals surface area contributed by atoms with Gasteiger partial charge in [0.25, 0.3) is 0 Å². The molecule has 0 saturated heterocycles. The second-order valence-electron chi connectivity index (χ2n) is 5.19. The smallest absolute Gasteiger partial charge is 0.226 e. The van der Waals surface area contributed by atoms with Crippen LogP contribution in [0.4, 0.5) is 5.95 Å². The molecule has 0 radical (unpaired) electrons. The Morgan fingerprint density at radius 3 is 2.63 bits per heavy atom. The first-order valence-electron chi connectivity index (χ1n) is 7.08. The van der Waals surface area contributed by atoms with Crippen LogP contribution in [-0.4, -0.2) is 28.4 Å². The number of anilines is 1. The fraction of sp³-hybridized carbons (Fsp3) is 0.643. The van der Waals surface area contributed by atoms with Crippen molar-refractivity contribution in [1.82, 2.24) is 9.97 Å². The summed E-state index contributed by atoms with van der Waals surface area (Å²) in [6.07, 6.45) is 6.32. The summed E-state index contributed by atoms with van der Waals surface area (Å²) in [5, 5.41) is 7.54. The summed E-state index contributed by atoms with van der Waals surface area (Å²) in [6.45, 7) is 4.95. The lowest BCUT2D eigenvalue weighted by Crippen LogP contribution is -2.38. The first-order chi connectivity index (χ1) is 9.11. The number of hydrogen-bond acceptors (Lipinski definition) is 4. The van der Waals surface area contributed by atoms with Gasteiger partial charge >= 0.3 is 0 Å². The molecule has 0 unspecified atom stereocenters. The van der Waals surface area contributed by atoms with E-state index in [1.165, 1.54) is 32.1 Å². The number of nitrogens with one attached hydrogen (secondary N) is 1. The molecule has 0 bridgehead atoms. The first kappa shape index (κ1) is 13.8. The lowest BCUT2D eigenvalue weighted by atomic mass is 9.94. The molecule has 3 N–H and O–H groups in total. The van der Waals surface area contributed by atoms with Gasteiger partial charge in [-0.1, -0.05) is 19.3 Å². The number of aromatic nitrogens is 2. The van der Waals surface area contributed by atoms with Gasteiger partial charge in [-0.05, 0) is 32.8 Å². The van der Waals surface area contributed by atoms with Gasteiger partial charge in [0.05, 0.1) is 0 Å². The Morgan fingerprint density at radius 2 is 2.05 bits per heavy atom. The second kappa shape index (κ2) is 5.99. The number of nitrogen functional groups attached to an aromatic ring is 1. The highest BCUT2D eigenvalue weighted by Gasteiger charge is 2.22. The van der Waals surface area contributed by atoms with E-state index in [1.54, 1.807) is 6.07 Å². The third-order valence-electron chi connectivity index (χ3n) is 3.73. The van der Waals surface area contributed by atoms with Crippen molar-refractivity contribution in [2.75, 3.05) is 11.4 Å². The monoisotopic (exact) mass is 261 g/mol. The van der Waals surface area contributed by atoms with Crippen LogP contribution in [0.2, 0.25) is 0 Å². The molecule has 1 aromatic rings. The fourth-order valence-corrected chi connectivity index (χ4v) is 2.77. The molecule has 5 nitrogen and oxygen atoms in total. The van der Waals surface area contributed by atoms with E-state index in [0.717, 1.165) is 18.2 Å². The number of nitrogens with two attached hydrogens (primary N) is 1. The maximum atomic E-state index is 7.54. The molecular weight excluding hydrogens is 238 g/mol. The van der Waals surface area contributed by atoms with E-state index < -0.39 is 0 Å². The van der Waals surface area contributed by atoms with Crippen LogP contribution in [0.3, 0.4) is 0 Å². The van der Waals surface area contributed by atoms with Gasteiger partial charge in [-0.3, -0.25) is 5.41 Å². The standard InChI is InChI=1S/C14H23N5/c1-3-19(11-7-5-4-6-8-11)14-17-10(2)9-12(18-14)13(15)16/h9,11H,3-8H2,1-2H3,(H3,15,16). The summed E-state index contributed by atoms with van der Waals surface area (Å²) in [4.78, 5) is 11.2. The van der Waals surface area contributed by atoms with Gasteiger partial charge in [0.1, 0.15) is 11.5 Å². The summed E-state index contributed by atoms with van der Waals surface area (Å²) in [5.74, 6) is 0.728. The minimum atomic E-state index is 0.00597. The Morgan fingerprint density at radius 1 is 1.37 bits per heavy atom. The van der Waals surface area contributed by atoms with Gasteiger partial charge in [0.15, 0.2) is 0 Å². The molecule has 1 aliphatic carbocycles. The quantitative estimate of drug-likeness (QED) is 0.643. The molecule has 0 aromatic carbocycles. The van der Waals surface area contributed by atoms with E-state index in [4.69, 9.17) is 11.1 Å². The molecular formula is C14H23N5. The van der Waals surface area contributed by atoms with E-state index in [2.05, 4.69) is 21.8 Å². The molecule has 104 valence electrons. The molecule has 0 aliphatic heterocycles. The molecule has 19 heavy (non-hydrogen) atoms. The molecule has 1 fully saturated rings. The summed E-state index contributed by atoms with van der Waals surface area (Å²) in [5.41, 5.74) is 6.94. The second-order valence-corrected chi connectivity index (χ2v) is 5.19. The van der Waals surface area contributed by atoms with E-state index in [0.29, 0.717) is 11.7 Å². The molecule has 5 heteroatoms. The topological polar surface area (TPSA) is 78.9 Å². The van der Waals surface area contributed by atoms with Crippen LogP contribution in [0.1, 0.15) is 50.4 Å². The molecule has 1 aliphatic rings. The zero-order valence-corrected chi connectivity index (χ0v) is 11.8. The van der Waals surface area contributed by atoms with Crippen molar-refractivity contribution in [3.63, 3.8) is 0 Å². The molecule has 0 amide bonds. The fourth-order valence-electron chi connectivity index (χ4n) is 2.77. The lowest BCUT2D eigenvalue weighted by molar-refractivity contribution is 0.414. The number of nitrogens with zero attached hydrogens (tertiary/aromatic N) is 3. The van der Waals surface area contributed by atoms with Crippen LogP contribution in [0.15, 0.2) is 6.07 Å². The summed E-state index contributed by atoms with van der Waals surface area (Å²) in [7, 11) is 0. The van der Waals surface area contributed by atoms with Crippen LogP contribution in [0.25, 0.3) is 0 Å². The Hall–Kier alpha value is -1.65. The van der Waals surface area contributed by atoms with Crippen molar-refractivity contribution in [2.24, 2.45) is 5.73 Å². The number of hydrogen-bond donors (Lipinski definition) is 2. The zero-order valence-electron chi connectivity index (χ0n) is 11.8. The first-order valence-corrected chi connectivity index (χ1v) is 7.08. The normalized spacial score (nSPS) is 16.3. The molecule has 0 atom stereocenters. The Kier molecular flexibility index (Phi) is 4.35. The van der Waals surface area contributed by atoms with E-state index >= 15 is 0 Å². The summed E-state index contributed by atoms with van der Waals surface area (Å²) in [6, 6.07) is 2.29. The van der Waals surface area contributed by atoms with Crippen molar-refractivity contribution in [2.45, 2.75) is 52.0 Å². The van der Waals surface area contributed by atoms with Gasteiger partial charge in [-0.15, -0.1) is 0 Å². The van der Waals surface area contributed by atoms with Crippen molar-refractivity contribution >= 4 is 11.8 Å². The maximum Gasteiger partial charge on any atom is 0.226 e. The maximum absolute atomic E-state index is 7.54. The lowest BCUT2D eigenvalue weighted by Gasteiger charge is -2.33. The average molecular weight is 261 g/mol. The average Bonchev–Trinajstić information content (AvgIpc) is 2.40.